The number of benzene rings is 6. The van der Waals surface area contributed by atoms with Gasteiger partial charge in [-0.1, -0.05) is 97.1 Å². The molecule has 0 aliphatic rings. The summed E-state index contributed by atoms with van der Waals surface area (Å²) < 4.78 is 5.37. The summed E-state index contributed by atoms with van der Waals surface area (Å²) in [5.74, 6) is 0. The molecule has 0 spiro atoms. The molecule has 8 aromatic rings. The lowest BCUT2D eigenvalue weighted by Crippen LogP contribution is -1.88. The minimum Gasteiger partial charge on any atom is -0.135 e. The Balaban J connectivity index is 1.68. The van der Waals surface area contributed by atoms with E-state index >= 15 is 0 Å². The minimum atomic E-state index is 1.27. The molecule has 8 rings (SSSR count). The zero-order chi connectivity index (χ0) is 23.6. The fourth-order valence-corrected chi connectivity index (χ4v) is 8.07. The van der Waals surface area contributed by atoms with Crippen LogP contribution < -0.4 is 0 Å². The highest BCUT2D eigenvalue weighted by Gasteiger charge is 2.21. The van der Waals surface area contributed by atoms with Crippen LogP contribution in [0.25, 0.3) is 73.4 Å². The predicted octanol–water partition coefficient (Wildman–Crippen LogP) is 10.9. The normalized spacial score (nSPS) is 11.9. The van der Waals surface area contributed by atoms with Crippen LogP contribution in [0.2, 0.25) is 0 Å². The summed E-state index contributed by atoms with van der Waals surface area (Å²) in [7, 11) is 0. The largest absolute Gasteiger partial charge is 0.135 e. The SMILES string of the molecule is c1ccc(-c2c3cc4sc5ccccc5c4c(-c4ccccc4)c3cc3sc4ccccc4c23)cc1. The lowest BCUT2D eigenvalue weighted by Gasteiger charge is -2.15. The smallest absolute Gasteiger partial charge is 0.0368 e. The molecule has 168 valence electrons. The summed E-state index contributed by atoms with van der Waals surface area (Å²) in [6.45, 7) is 0. The third-order valence-electron chi connectivity index (χ3n) is 7.25. The average molecular weight is 493 g/mol. The Hall–Kier alpha value is -3.98. The van der Waals surface area contributed by atoms with Crippen LogP contribution in [-0.2, 0) is 0 Å². The Kier molecular flexibility index (Phi) is 4.36. The van der Waals surface area contributed by atoms with Crippen LogP contribution in [0.5, 0.6) is 0 Å². The molecule has 2 aromatic heterocycles. The summed E-state index contributed by atoms with van der Waals surface area (Å²) in [6, 6.07) is 44.5. The van der Waals surface area contributed by atoms with Gasteiger partial charge in [0.15, 0.2) is 0 Å². The van der Waals surface area contributed by atoms with Crippen molar-refractivity contribution >= 4 is 73.8 Å². The van der Waals surface area contributed by atoms with Gasteiger partial charge >= 0.3 is 0 Å². The summed E-state index contributed by atoms with van der Waals surface area (Å²) in [5, 5.41) is 8.08. The highest BCUT2D eigenvalue weighted by Crippen LogP contribution is 2.50. The van der Waals surface area contributed by atoms with Gasteiger partial charge in [-0.15, -0.1) is 22.7 Å². The van der Waals surface area contributed by atoms with Gasteiger partial charge in [-0.25, -0.2) is 0 Å². The first-order chi connectivity index (χ1) is 17.9. The topological polar surface area (TPSA) is 0 Å². The van der Waals surface area contributed by atoms with Gasteiger partial charge in [0.2, 0.25) is 0 Å². The number of hydrogen-bond donors (Lipinski definition) is 0. The highest BCUT2D eigenvalue weighted by molar-refractivity contribution is 7.26. The molecule has 2 heterocycles. The Morgan fingerprint density at radius 2 is 0.722 bits per heavy atom. The lowest BCUT2D eigenvalue weighted by atomic mass is 9.88. The summed E-state index contributed by atoms with van der Waals surface area (Å²) >= 11 is 3.81. The molecule has 6 aromatic carbocycles. The maximum Gasteiger partial charge on any atom is 0.0368 e. The zero-order valence-electron chi connectivity index (χ0n) is 19.4. The van der Waals surface area contributed by atoms with Crippen LogP contribution in [0.3, 0.4) is 0 Å². The van der Waals surface area contributed by atoms with Crippen molar-refractivity contribution in [1.82, 2.24) is 0 Å². The molecule has 0 saturated heterocycles. The van der Waals surface area contributed by atoms with Crippen LogP contribution >= 0.6 is 22.7 Å². The van der Waals surface area contributed by atoms with Crippen LogP contribution in [0.1, 0.15) is 0 Å². The van der Waals surface area contributed by atoms with Gasteiger partial charge in [0.25, 0.3) is 0 Å². The van der Waals surface area contributed by atoms with Crippen LogP contribution in [0.4, 0.5) is 0 Å². The van der Waals surface area contributed by atoms with Crippen molar-refractivity contribution in [3.05, 3.63) is 121 Å². The molecular weight excluding hydrogens is 473 g/mol. The Bertz CT molecular complexity index is 1920. The van der Waals surface area contributed by atoms with Crippen molar-refractivity contribution in [1.29, 1.82) is 0 Å². The van der Waals surface area contributed by atoms with E-state index in [-0.39, 0.29) is 0 Å². The van der Waals surface area contributed by atoms with Crippen LogP contribution in [0.15, 0.2) is 121 Å². The van der Waals surface area contributed by atoms with Gasteiger partial charge in [-0.05, 0) is 57.3 Å². The molecule has 0 atom stereocenters. The van der Waals surface area contributed by atoms with Crippen molar-refractivity contribution < 1.29 is 0 Å². The number of rotatable bonds is 2. The van der Waals surface area contributed by atoms with Gasteiger partial charge in [0.05, 0.1) is 0 Å². The quantitative estimate of drug-likeness (QED) is 0.225. The molecular formula is C34H20S2. The third kappa shape index (κ3) is 2.86. The van der Waals surface area contributed by atoms with Gasteiger partial charge < -0.3 is 0 Å². The summed E-state index contributed by atoms with van der Waals surface area (Å²) in [5.41, 5.74) is 5.24. The van der Waals surface area contributed by atoms with E-state index in [1.807, 2.05) is 22.7 Å². The maximum absolute atomic E-state index is 2.45. The molecule has 0 radical (unpaired) electrons. The third-order valence-corrected chi connectivity index (χ3v) is 9.49. The van der Waals surface area contributed by atoms with Gasteiger partial charge in [-0.3, -0.25) is 0 Å². The lowest BCUT2D eigenvalue weighted by molar-refractivity contribution is 1.68. The predicted molar refractivity (Wildman–Crippen MR) is 161 cm³/mol. The van der Waals surface area contributed by atoms with Crippen molar-refractivity contribution in [2.75, 3.05) is 0 Å². The summed E-state index contributed by atoms with van der Waals surface area (Å²) in [4.78, 5) is 0. The zero-order valence-corrected chi connectivity index (χ0v) is 21.0. The average Bonchev–Trinajstić information content (AvgIpc) is 3.49. The summed E-state index contributed by atoms with van der Waals surface area (Å²) in [6.07, 6.45) is 0. The molecule has 0 N–H and O–H groups in total. The Labute approximate surface area is 216 Å². The Morgan fingerprint density at radius 1 is 0.333 bits per heavy atom. The van der Waals surface area contributed by atoms with E-state index < -0.39 is 0 Å². The maximum atomic E-state index is 2.45. The Morgan fingerprint density at radius 3 is 1.17 bits per heavy atom. The monoisotopic (exact) mass is 492 g/mol. The van der Waals surface area contributed by atoms with Crippen molar-refractivity contribution in [2.24, 2.45) is 0 Å². The fourth-order valence-electron chi connectivity index (χ4n) is 5.76. The van der Waals surface area contributed by atoms with E-state index in [0.29, 0.717) is 0 Å². The molecule has 0 aliphatic heterocycles. The van der Waals surface area contributed by atoms with E-state index in [1.165, 1.54) is 73.4 Å². The molecule has 0 saturated carbocycles. The second-order valence-electron chi connectivity index (χ2n) is 9.27. The number of thiophene rings is 2. The van der Waals surface area contributed by atoms with E-state index in [4.69, 9.17) is 0 Å². The van der Waals surface area contributed by atoms with E-state index in [1.54, 1.807) is 0 Å². The van der Waals surface area contributed by atoms with Crippen molar-refractivity contribution in [3.8, 4) is 22.3 Å². The van der Waals surface area contributed by atoms with Gasteiger partial charge in [-0.2, -0.15) is 0 Å². The molecule has 36 heavy (non-hydrogen) atoms. The molecule has 0 unspecified atom stereocenters. The van der Waals surface area contributed by atoms with Crippen molar-refractivity contribution in [3.63, 3.8) is 0 Å². The first-order valence-electron chi connectivity index (χ1n) is 12.2. The van der Waals surface area contributed by atoms with E-state index in [2.05, 4.69) is 121 Å². The van der Waals surface area contributed by atoms with Crippen molar-refractivity contribution in [2.45, 2.75) is 0 Å². The molecule has 0 fully saturated rings. The van der Waals surface area contributed by atoms with Crippen LogP contribution in [-0.4, -0.2) is 0 Å². The number of fused-ring (bicyclic) bond motifs is 7. The highest BCUT2D eigenvalue weighted by atomic mass is 32.1. The molecule has 0 amide bonds. The number of hydrogen-bond acceptors (Lipinski definition) is 2. The molecule has 0 bridgehead atoms. The van der Waals surface area contributed by atoms with E-state index in [9.17, 15) is 0 Å². The second kappa shape index (κ2) is 7.76. The first-order valence-corrected chi connectivity index (χ1v) is 13.8. The molecule has 0 aliphatic carbocycles. The van der Waals surface area contributed by atoms with Gasteiger partial charge in [0.1, 0.15) is 0 Å². The minimum absolute atomic E-state index is 1.27. The fraction of sp³-hybridized carbons (Fsp3) is 0. The van der Waals surface area contributed by atoms with Crippen LogP contribution in [0, 0.1) is 0 Å². The second-order valence-corrected chi connectivity index (χ2v) is 11.4. The molecule has 2 heteroatoms. The van der Waals surface area contributed by atoms with E-state index in [0.717, 1.165) is 0 Å². The van der Waals surface area contributed by atoms with Gasteiger partial charge in [0, 0.05) is 40.3 Å². The standard InChI is InChI=1S/C34H20S2/c1-3-11-21(12-4-1)31-25-19-30-34(24-16-8-10-18-28(24)36-30)32(22-13-5-2-6-14-22)26(25)20-29-33(31)23-15-7-9-17-27(23)35-29/h1-20H. The molecule has 0 nitrogen and oxygen atoms in total. The first kappa shape index (κ1) is 20.2.